The molecule has 0 aliphatic heterocycles. The Morgan fingerprint density at radius 2 is 1.51 bits per heavy atom. The van der Waals surface area contributed by atoms with Crippen LogP contribution in [0.15, 0.2) is 83.7 Å². The fourth-order valence-electron chi connectivity index (χ4n) is 7.23. The number of imidazole rings is 1. The van der Waals surface area contributed by atoms with Gasteiger partial charge in [-0.2, -0.15) is 5.10 Å². The van der Waals surface area contributed by atoms with Crippen LogP contribution in [0.5, 0.6) is 0 Å². The number of hydrogen-bond acceptors (Lipinski definition) is 4. The molecule has 0 saturated heterocycles. The summed E-state index contributed by atoms with van der Waals surface area (Å²) in [6, 6.07) is 27.7. The molecule has 1 radical (unpaired) electrons. The van der Waals surface area contributed by atoms with Crippen molar-refractivity contribution in [2.45, 2.75) is 54.9 Å². The van der Waals surface area contributed by atoms with E-state index in [1.54, 1.807) is 0 Å². The van der Waals surface area contributed by atoms with Crippen LogP contribution in [0.4, 0.5) is 0 Å². The van der Waals surface area contributed by atoms with Crippen molar-refractivity contribution in [3.63, 3.8) is 0 Å². The minimum Gasteiger partial charge on any atom is -0.449 e. The summed E-state index contributed by atoms with van der Waals surface area (Å²) in [7, 11) is 1.95. The number of rotatable bonds is 4. The van der Waals surface area contributed by atoms with Gasteiger partial charge in [-0.1, -0.05) is 53.3 Å². The van der Waals surface area contributed by atoms with Gasteiger partial charge in [-0.3, -0.25) is 14.6 Å². The molecular formula is C42H39IrN5O-2. The molecule has 0 unspecified atom stereocenters. The van der Waals surface area contributed by atoms with Crippen LogP contribution >= 0.6 is 0 Å². The molecule has 0 aliphatic carbocycles. The van der Waals surface area contributed by atoms with Crippen LogP contribution < -0.4 is 0 Å². The van der Waals surface area contributed by atoms with Crippen molar-refractivity contribution in [3.8, 4) is 28.2 Å². The van der Waals surface area contributed by atoms with Crippen molar-refractivity contribution < 1.29 is 24.5 Å². The monoisotopic (exact) mass is 822 g/mol. The standard InChI is InChI=1S/C24H22N3O.C18H17N2.Ir/c1-6-19-25-22-17-9-7-8-16(20-14(3)10-13(2)11-15(20)4)21(17)18-12-27(5)26-23(18)24(22)28-19;1-13-11-14(2)17(15(3)12-13)20-10-9-19-18(20)16-7-5-4-6-8-16;/h7-8,10-12H,6H2,1-5H3;4-7,9-12H,1-3H3;/q2*-1;. The van der Waals surface area contributed by atoms with E-state index in [1.165, 1.54) is 50.2 Å². The fourth-order valence-corrected chi connectivity index (χ4v) is 7.23. The predicted molar refractivity (Wildman–Crippen MR) is 196 cm³/mol. The van der Waals surface area contributed by atoms with Crippen molar-refractivity contribution in [1.29, 1.82) is 0 Å². The van der Waals surface area contributed by atoms with E-state index in [2.05, 4.69) is 107 Å². The van der Waals surface area contributed by atoms with Crippen LogP contribution in [-0.4, -0.2) is 24.3 Å². The van der Waals surface area contributed by atoms with E-state index < -0.39 is 0 Å². The molecule has 0 aliphatic rings. The maximum atomic E-state index is 6.05. The zero-order valence-corrected chi connectivity index (χ0v) is 31.6. The Morgan fingerprint density at radius 3 is 2.16 bits per heavy atom. The number of benzene rings is 5. The predicted octanol–water partition coefficient (Wildman–Crippen LogP) is 10.1. The van der Waals surface area contributed by atoms with E-state index >= 15 is 0 Å². The number of oxazole rings is 1. The van der Waals surface area contributed by atoms with Crippen LogP contribution in [0.25, 0.3) is 61.0 Å². The molecule has 49 heavy (non-hydrogen) atoms. The average Bonchev–Trinajstić information content (AvgIpc) is 3.79. The first-order valence-electron chi connectivity index (χ1n) is 16.4. The zero-order chi connectivity index (χ0) is 33.7. The van der Waals surface area contributed by atoms with Crippen LogP contribution in [0, 0.1) is 53.7 Å². The number of aromatic nitrogens is 5. The van der Waals surface area contributed by atoms with Gasteiger partial charge in [-0.25, -0.2) is 0 Å². The normalized spacial score (nSPS) is 11.2. The Labute approximate surface area is 301 Å². The first kappa shape index (κ1) is 34.0. The Bertz CT molecular complexity index is 2420. The molecular weight excluding hydrogens is 783 g/mol. The molecule has 6 nitrogen and oxygen atoms in total. The minimum atomic E-state index is 0. The van der Waals surface area contributed by atoms with Gasteiger partial charge in [0.15, 0.2) is 5.89 Å². The molecule has 8 aromatic rings. The molecule has 0 spiro atoms. The van der Waals surface area contributed by atoms with Crippen LogP contribution in [0.1, 0.15) is 46.2 Å². The van der Waals surface area contributed by atoms with Gasteiger partial charge in [0.05, 0.1) is 5.82 Å². The molecule has 8 rings (SSSR count). The third kappa shape index (κ3) is 6.14. The van der Waals surface area contributed by atoms with Gasteiger partial charge < -0.3 is 8.98 Å². The topological polar surface area (TPSA) is 61.7 Å². The third-order valence-corrected chi connectivity index (χ3v) is 8.93. The van der Waals surface area contributed by atoms with E-state index in [4.69, 9.17) is 14.5 Å². The van der Waals surface area contributed by atoms with Crippen LogP contribution in [-0.2, 0) is 33.6 Å². The van der Waals surface area contributed by atoms with E-state index in [9.17, 15) is 0 Å². The van der Waals surface area contributed by atoms with Gasteiger partial charge in [0.1, 0.15) is 11.1 Å². The SMILES string of the molecule is CCc1nc2c3[c-]ccc(-c4c(C)cc(C)cc4C)c3c3cn(C)nc3c2o1.Cc1cc(C)c(-n2ccnc2-c2[c-]cccc2)c(C)c1.[Ir]. The molecule has 0 fully saturated rings. The molecule has 5 aromatic carbocycles. The number of aryl methyl sites for hydroxylation is 8. The van der Waals surface area contributed by atoms with Crippen molar-refractivity contribution in [1.82, 2.24) is 24.3 Å². The van der Waals surface area contributed by atoms with Crippen molar-refractivity contribution in [3.05, 3.63) is 131 Å². The fraction of sp³-hybridized carbons (Fsp3) is 0.214. The molecule has 0 atom stereocenters. The summed E-state index contributed by atoms with van der Waals surface area (Å²) in [6.07, 6.45) is 6.68. The Hall–Kier alpha value is -4.84. The van der Waals surface area contributed by atoms with Gasteiger partial charge in [0.25, 0.3) is 0 Å². The Balaban J connectivity index is 0.000000176. The second-order valence-electron chi connectivity index (χ2n) is 12.8. The summed E-state index contributed by atoms with van der Waals surface area (Å²) in [5, 5.41) is 7.92. The molecule has 249 valence electrons. The molecule has 0 N–H and O–H groups in total. The van der Waals surface area contributed by atoms with Crippen molar-refractivity contribution >= 4 is 32.8 Å². The van der Waals surface area contributed by atoms with E-state index in [1.807, 2.05) is 54.5 Å². The van der Waals surface area contributed by atoms with E-state index in [0.29, 0.717) is 0 Å². The van der Waals surface area contributed by atoms with Gasteiger partial charge in [-0.15, -0.1) is 59.5 Å². The first-order valence-corrected chi connectivity index (χ1v) is 16.4. The second kappa shape index (κ2) is 13.6. The molecule has 0 bridgehead atoms. The third-order valence-electron chi connectivity index (χ3n) is 8.93. The summed E-state index contributed by atoms with van der Waals surface area (Å²) >= 11 is 0. The van der Waals surface area contributed by atoms with Gasteiger partial charge in [0.2, 0.25) is 0 Å². The van der Waals surface area contributed by atoms with Crippen LogP contribution in [0.2, 0.25) is 0 Å². The van der Waals surface area contributed by atoms with Crippen molar-refractivity contribution in [2.24, 2.45) is 7.05 Å². The molecule has 0 saturated carbocycles. The number of fused-ring (bicyclic) bond motifs is 6. The average molecular weight is 822 g/mol. The maximum Gasteiger partial charge on any atom is 0.184 e. The Morgan fingerprint density at radius 1 is 0.816 bits per heavy atom. The largest absolute Gasteiger partial charge is 0.449 e. The molecule has 0 amide bonds. The minimum absolute atomic E-state index is 0. The first-order chi connectivity index (χ1) is 23.1. The van der Waals surface area contributed by atoms with Crippen molar-refractivity contribution in [2.75, 3.05) is 0 Å². The van der Waals surface area contributed by atoms with Gasteiger partial charge in [-0.05, 0) is 74.7 Å². The van der Waals surface area contributed by atoms with E-state index in [0.717, 1.165) is 56.5 Å². The molecule has 3 heterocycles. The quantitative estimate of drug-likeness (QED) is 0.166. The summed E-state index contributed by atoms with van der Waals surface area (Å²) < 4.78 is 10.1. The molecule has 7 heteroatoms. The summed E-state index contributed by atoms with van der Waals surface area (Å²) in [5.74, 6) is 1.66. The summed E-state index contributed by atoms with van der Waals surface area (Å²) in [4.78, 5) is 9.26. The maximum absolute atomic E-state index is 6.05. The van der Waals surface area contributed by atoms with Crippen LogP contribution in [0.3, 0.4) is 0 Å². The summed E-state index contributed by atoms with van der Waals surface area (Å²) in [5.41, 5.74) is 14.8. The number of nitrogens with zero attached hydrogens (tertiary/aromatic N) is 5. The second-order valence-corrected chi connectivity index (χ2v) is 12.8. The zero-order valence-electron chi connectivity index (χ0n) is 29.2. The van der Waals surface area contributed by atoms with Gasteiger partial charge >= 0.3 is 0 Å². The van der Waals surface area contributed by atoms with E-state index in [-0.39, 0.29) is 20.1 Å². The Kier molecular flexibility index (Phi) is 9.43. The molecule has 3 aromatic heterocycles. The number of hydrogen-bond donors (Lipinski definition) is 0. The summed E-state index contributed by atoms with van der Waals surface area (Å²) in [6.45, 7) is 15.0. The smallest absolute Gasteiger partial charge is 0.184 e. The van der Waals surface area contributed by atoms with Gasteiger partial charge in [0, 0.05) is 63.4 Å².